The Morgan fingerprint density at radius 3 is 2.62 bits per heavy atom. The molecule has 21 heavy (non-hydrogen) atoms. The summed E-state index contributed by atoms with van der Waals surface area (Å²) >= 11 is 1.79. The maximum Gasteiger partial charge on any atom is 0.122 e. The summed E-state index contributed by atoms with van der Waals surface area (Å²) in [6, 6.07) is 8.19. The number of hydrogen-bond donors (Lipinski definition) is 1. The van der Waals surface area contributed by atoms with Crippen molar-refractivity contribution in [1.29, 1.82) is 0 Å². The summed E-state index contributed by atoms with van der Waals surface area (Å²) in [6.07, 6.45) is 1.83. The minimum absolute atomic E-state index is 0.183. The van der Waals surface area contributed by atoms with Gasteiger partial charge in [-0.25, -0.2) is 4.98 Å². The van der Waals surface area contributed by atoms with Crippen molar-refractivity contribution >= 4 is 11.3 Å². The van der Waals surface area contributed by atoms with Gasteiger partial charge < -0.3 is 10.1 Å². The molecule has 1 aromatic heterocycles. The summed E-state index contributed by atoms with van der Waals surface area (Å²) in [6.45, 7) is 6.51. The summed E-state index contributed by atoms with van der Waals surface area (Å²) in [5.41, 5.74) is 2.22. The van der Waals surface area contributed by atoms with E-state index >= 15 is 0 Å². The number of likely N-dealkylation sites (N-methyl/N-ethyl adjacent to an activating group) is 1. The van der Waals surface area contributed by atoms with Crippen LogP contribution < -0.4 is 10.1 Å². The Morgan fingerprint density at radius 1 is 1.33 bits per heavy atom. The van der Waals surface area contributed by atoms with Crippen molar-refractivity contribution in [3.05, 3.63) is 45.4 Å². The molecular weight excluding hydrogens is 280 g/mol. The van der Waals surface area contributed by atoms with Gasteiger partial charge in [0, 0.05) is 11.3 Å². The second kappa shape index (κ2) is 6.58. The van der Waals surface area contributed by atoms with E-state index in [1.165, 1.54) is 16.1 Å². The number of ether oxygens (including phenoxy) is 1. The predicted octanol–water partition coefficient (Wildman–Crippen LogP) is 3.70. The van der Waals surface area contributed by atoms with Crippen molar-refractivity contribution < 1.29 is 4.74 Å². The molecule has 0 bridgehead atoms. The van der Waals surface area contributed by atoms with Crippen LogP contribution in [0.3, 0.4) is 0 Å². The molecule has 0 aliphatic carbocycles. The molecule has 0 saturated heterocycles. The highest BCUT2D eigenvalue weighted by Crippen LogP contribution is 2.33. The molecule has 0 aliphatic rings. The number of para-hydroxylation sites is 1. The smallest absolute Gasteiger partial charge is 0.122 e. The van der Waals surface area contributed by atoms with E-state index in [0.717, 1.165) is 23.6 Å². The minimum Gasteiger partial charge on any atom is -0.496 e. The van der Waals surface area contributed by atoms with Crippen molar-refractivity contribution in [3.63, 3.8) is 0 Å². The highest BCUT2D eigenvalue weighted by atomic mass is 32.1. The van der Waals surface area contributed by atoms with Crippen molar-refractivity contribution in [2.75, 3.05) is 14.2 Å². The van der Waals surface area contributed by atoms with Gasteiger partial charge >= 0.3 is 0 Å². The summed E-state index contributed by atoms with van der Waals surface area (Å²) in [5, 5.41) is 4.60. The molecular formula is C17H24N2OS. The van der Waals surface area contributed by atoms with E-state index in [-0.39, 0.29) is 5.54 Å². The first-order valence-electron chi connectivity index (χ1n) is 7.31. The minimum atomic E-state index is -0.183. The molecule has 2 aromatic rings. The molecule has 1 N–H and O–H groups in total. The number of benzene rings is 1. The van der Waals surface area contributed by atoms with Gasteiger partial charge in [-0.15, -0.1) is 11.3 Å². The fourth-order valence-electron chi connectivity index (χ4n) is 2.49. The van der Waals surface area contributed by atoms with Gasteiger partial charge in [0.05, 0.1) is 18.3 Å². The lowest BCUT2D eigenvalue weighted by atomic mass is 9.93. The molecule has 1 atom stereocenters. The average Bonchev–Trinajstić information content (AvgIpc) is 2.89. The van der Waals surface area contributed by atoms with E-state index in [2.05, 4.69) is 38.2 Å². The number of aromatic nitrogens is 1. The lowest BCUT2D eigenvalue weighted by molar-refractivity contribution is 0.372. The number of hydrogen-bond acceptors (Lipinski definition) is 4. The van der Waals surface area contributed by atoms with Crippen LogP contribution in [0.15, 0.2) is 24.3 Å². The first kappa shape index (κ1) is 16.0. The van der Waals surface area contributed by atoms with Gasteiger partial charge in [-0.05, 0) is 38.9 Å². The number of methoxy groups -OCH3 is 1. The summed E-state index contributed by atoms with van der Waals surface area (Å²) in [7, 11) is 3.72. The van der Waals surface area contributed by atoms with Crippen LogP contribution >= 0.6 is 11.3 Å². The van der Waals surface area contributed by atoms with E-state index in [1.54, 1.807) is 18.4 Å². The van der Waals surface area contributed by atoms with Crippen molar-refractivity contribution in [2.45, 2.75) is 39.2 Å². The zero-order valence-corrected chi connectivity index (χ0v) is 14.3. The first-order chi connectivity index (χ1) is 10.0. The maximum absolute atomic E-state index is 5.48. The molecule has 1 unspecified atom stereocenters. The predicted molar refractivity (Wildman–Crippen MR) is 89.3 cm³/mol. The van der Waals surface area contributed by atoms with Crippen molar-refractivity contribution in [3.8, 4) is 5.75 Å². The first-order valence-corrected chi connectivity index (χ1v) is 8.13. The lowest BCUT2D eigenvalue weighted by Gasteiger charge is -2.28. The molecule has 1 aromatic carbocycles. The second-order valence-corrected chi connectivity index (χ2v) is 6.65. The van der Waals surface area contributed by atoms with Gasteiger partial charge in [0.2, 0.25) is 0 Å². The Hall–Kier alpha value is -1.39. The van der Waals surface area contributed by atoms with Crippen LogP contribution in [0.2, 0.25) is 0 Å². The zero-order chi connectivity index (χ0) is 15.5. The molecule has 1 heterocycles. The van der Waals surface area contributed by atoms with Crippen molar-refractivity contribution in [2.24, 2.45) is 0 Å². The molecule has 2 rings (SSSR count). The standard InChI is InChI=1S/C17H24N2OS/c1-6-14-12(2)21-16(19-14)17(3,18-4)11-13-9-7-8-10-15(13)20-5/h7-10,18H,6,11H2,1-5H3. The fraction of sp³-hybridized carbons (Fsp3) is 0.471. The maximum atomic E-state index is 5.48. The highest BCUT2D eigenvalue weighted by molar-refractivity contribution is 7.11. The van der Waals surface area contributed by atoms with Gasteiger partial charge in [-0.3, -0.25) is 0 Å². The third kappa shape index (κ3) is 3.27. The van der Waals surface area contributed by atoms with Gasteiger partial charge in [0.15, 0.2) is 0 Å². The normalized spacial score (nSPS) is 14.0. The summed E-state index contributed by atoms with van der Waals surface area (Å²) < 4.78 is 5.48. The number of thiazole rings is 1. The molecule has 4 heteroatoms. The van der Waals surface area contributed by atoms with Crippen LogP contribution in [-0.2, 0) is 18.4 Å². The molecule has 3 nitrogen and oxygen atoms in total. The molecule has 0 amide bonds. The molecule has 0 aliphatic heterocycles. The summed E-state index contributed by atoms with van der Waals surface area (Å²) in [5.74, 6) is 0.933. The van der Waals surface area contributed by atoms with Crippen LogP contribution in [0, 0.1) is 6.92 Å². The third-order valence-electron chi connectivity index (χ3n) is 3.99. The van der Waals surface area contributed by atoms with E-state index in [0.29, 0.717) is 0 Å². The molecule has 0 radical (unpaired) electrons. The largest absolute Gasteiger partial charge is 0.496 e. The van der Waals surface area contributed by atoms with Gasteiger partial charge in [0.1, 0.15) is 10.8 Å². The van der Waals surface area contributed by atoms with Gasteiger partial charge in [0.25, 0.3) is 0 Å². The van der Waals surface area contributed by atoms with E-state index in [4.69, 9.17) is 9.72 Å². The van der Waals surface area contributed by atoms with Gasteiger partial charge in [-0.1, -0.05) is 25.1 Å². The number of nitrogens with one attached hydrogen (secondary N) is 1. The topological polar surface area (TPSA) is 34.1 Å². The Morgan fingerprint density at radius 2 is 2.05 bits per heavy atom. The lowest BCUT2D eigenvalue weighted by Crippen LogP contribution is -2.39. The Bertz CT molecular complexity index is 609. The monoisotopic (exact) mass is 304 g/mol. The van der Waals surface area contributed by atoms with Crippen LogP contribution in [0.25, 0.3) is 0 Å². The highest BCUT2D eigenvalue weighted by Gasteiger charge is 2.30. The van der Waals surface area contributed by atoms with E-state index in [1.807, 2.05) is 19.2 Å². The van der Waals surface area contributed by atoms with E-state index in [9.17, 15) is 0 Å². The second-order valence-electron chi connectivity index (χ2n) is 5.45. The van der Waals surface area contributed by atoms with E-state index < -0.39 is 0 Å². The van der Waals surface area contributed by atoms with Gasteiger partial charge in [-0.2, -0.15) is 0 Å². The van der Waals surface area contributed by atoms with Crippen molar-refractivity contribution in [1.82, 2.24) is 10.3 Å². The molecule has 114 valence electrons. The SMILES string of the molecule is CCc1nc(C(C)(Cc2ccccc2OC)NC)sc1C. The Kier molecular flexibility index (Phi) is 5.01. The van der Waals surface area contributed by atoms with Crippen LogP contribution in [0.4, 0.5) is 0 Å². The zero-order valence-electron chi connectivity index (χ0n) is 13.5. The number of rotatable bonds is 6. The number of aryl methyl sites for hydroxylation is 2. The average molecular weight is 304 g/mol. The molecule has 0 fully saturated rings. The molecule has 0 spiro atoms. The van der Waals surface area contributed by atoms with Crippen LogP contribution in [0.5, 0.6) is 5.75 Å². The Labute approximate surface area is 131 Å². The van der Waals surface area contributed by atoms with Crippen LogP contribution in [0.1, 0.15) is 35.0 Å². The van der Waals surface area contributed by atoms with Crippen LogP contribution in [-0.4, -0.2) is 19.1 Å². The fourth-order valence-corrected chi connectivity index (χ4v) is 3.65. The summed E-state index contributed by atoms with van der Waals surface area (Å²) in [4.78, 5) is 6.15. The Balaban J connectivity index is 2.36. The number of nitrogens with zero attached hydrogens (tertiary/aromatic N) is 1. The third-order valence-corrected chi connectivity index (χ3v) is 5.26. The quantitative estimate of drug-likeness (QED) is 0.883. The molecule has 0 saturated carbocycles.